The Bertz CT molecular complexity index is 416. The predicted molar refractivity (Wildman–Crippen MR) is 66.0 cm³/mol. The van der Waals surface area contributed by atoms with E-state index in [1.54, 1.807) is 17.0 Å². The van der Waals surface area contributed by atoms with E-state index in [-0.39, 0.29) is 17.9 Å². The first-order valence-corrected chi connectivity index (χ1v) is 6.12. The zero-order valence-electron chi connectivity index (χ0n) is 10.3. The highest BCUT2D eigenvalue weighted by molar-refractivity contribution is 5.92. The van der Waals surface area contributed by atoms with Crippen LogP contribution in [0.15, 0.2) is 29.5 Å². The zero-order chi connectivity index (χ0) is 13.0. The minimum Gasteiger partial charge on any atom is -0.396 e. The van der Waals surface area contributed by atoms with Crippen molar-refractivity contribution in [3.8, 4) is 0 Å². The third-order valence-corrected chi connectivity index (χ3v) is 3.52. The molecule has 0 aromatic carbocycles. The minimum atomic E-state index is -0.251. The number of rotatable bonds is 4. The number of hydrogen-bond acceptors (Lipinski definition) is 4. The first kappa shape index (κ1) is 12.8. The van der Waals surface area contributed by atoms with Crippen molar-refractivity contribution in [3.05, 3.63) is 30.7 Å². The van der Waals surface area contributed by atoms with Gasteiger partial charge in [0.1, 0.15) is 6.26 Å². The van der Waals surface area contributed by atoms with E-state index in [4.69, 9.17) is 0 Å². The Balaban J connectivity index is 2.10. The summed E-state index contributed by atoms with van der Waals surface area (Å²) in [5, 5.41) is 13.2. The lowest BCUT2D eigenvalue weighted by Gasteiger charge is -2.41. The van der Waals surface area contributed by atoms with Crippen molar-refractivity contribution in [2.24, 2.45) is 5.41 Å². The standard InChI is InChI=1S/C13H18N2O3/c1-2-5-13(10-16)6-3-7-15(9-13)12(17)11-4-8-18-14-11/h2,4,8,16H,1,3,5-7,9-10H2/t13-/m0/s1. The Morgan fingerprint density at radius 1 is 1.72 bits per heavy atom. The highest BCUT2D eigenvalue weighted by Crippen LogP contribution is 2.33. The van der Waals surface area contributed by atoms with Crippen molar-refractivity contribution >= 4 is 5.91 Å². The molecule has 1 aromatic rings. The lowest BCUT2D eigenvalue weighted by Crippen LogP contribution is -2.47. The summed E-state index contributed by atoms with van der Waals surface area (Å²) in [6.07, 6.45) is 5.71. The summed E-state index contributed by atoms with van der Waals surface area (Å²) in [6.45, 7) is 5.04. The van der Waals surface area contributed by atoms with Gasteiger partial charge in [-0.1, -0.05) is 11.2 Å². The summed E-state index contributed by atoms with van der Waals surface area (Å²) in [6, 6.07) is 1.56. The molecule has 1 aliphatic rings. The van der Waals surface area contributed by atoms with E-state index in [1.165, 1.54) is 6.26 Å². The lowest BCUT2D eigenvalue weighted by atomic mass is 9.78. The molecule has 0 unspecified atom stereocenters. The molecule has 1 atom stereocenters. The molecular weight excluding hydrogens is 232 g/mol. The maximum Gasteiger partial charge on any atom is 0.276 e. The van der Waals surface area contributed by atoms with Crippen LogP contribution in [0.25, 0.3) is 0 Å². The van der Waals surface area contributed by atoms with Gasteiger partial charge in [0, 0.05) is 24.6 Å². The topological polar surface area (TPSA) is 66.6 Å². The van der Waals surface area contributed by atoms with Gasteiger partial charge in [-0.25, -0.2) is 0 Å². The van der Waals surface area contributed by atoms with Gasteiger partial charge >= 0.3 is 0 Å². The van der Waals surface area contributed by atoms with Crippen LogP contribution in [0.5, 0.6) is 0 Å². The monoisotopic (exact) mass is 250 g/mol. The van der Waals surface area contributed by atoms with Crippen LogP contribution in [-0.2, 0) is 0 Å². The van der Waals surface area contributed by atoms with Gasteiger partial charge in [-0.3, -0.25) is 4.79 Å². The Kier molecular flexibility index (Phi) is 3.81. The van der Waals surface area contributed by atoms with Crippen LogP contribution in [0.4, 0.5) is 0 Å². The fourth-order valence-electron chi connectivity index (χ4n) is 2.53. The molecule has 0 radical (unpaired) electrons. The van der Waals surface area contributed by atoms with Gasteiger partial charge in [0.2, 0.25) is 0 Å². The molecule has 0 saturated carbocycles. The largest absolute Gasteiger partial charge is 0.396 e. The molecule has 18 heavy (non-hydrogen) atoms. The van der Waals surface area contributed by atoms with E-state index in [0.29, 0.717) is 25.2 Å². The number of allylic oxidation sites excluding steroid dienone is 1. The number of aliphatic hydroxyl groups excluding tert-OH is 1. The van der Waals surface area contributed by atoms with Crippen molar-refractivity contribution in [2.75, 3.05) is 19.7 Å². The summed E-state index contributed by atoms with van der Waals surface area (Å²) in [4.78, 5) is 13.9. The third-order valence-electron chi connectivity index (χ3n) is 3.52. The van der Waals surface area contributed by atoms with Crippen LogP contribution in [0.1, 0.15) is 29.8 Å². The van der Waals surface area contributed by atoms with Crippen LogP contribution >= 0.6 is 0 Å². The first-order chi connectivity index (χ1) is 8.71. The number of carbonyl (C=O) groups excluding carboxylic acids is 1. The summed E-state index contributed by atoms with van der Waals surface area (Å²) < 4.78 is 4.69. The number of carbonyl (C=O) groups is 1. The molecule has 2 heterocycles. The molecule has 0 spiro atoms. The second-order valence-corrected chi connectivity index (χ2v) is 4.87. The second-order valence-electron chi connectivity index (χ2n) is 4.87. The molecule has 0 bridgehead atoms. The SMILES string of the molecule is C=CC[C@]1(CO)CCCN(C(=O)c2ccon2)C1. The molecule has 98 valence electrons. The summed E-state index contributed by atoms with van der Waals surface area (Å²) in [7, 11) is 0. The van der Waals surface area contributed by atoms with Crippen molar-refractivity contribution in [2.45, 2.75) is 19.3 Å². The summed E-state index contributed by atoms with van der Waals surface area (Å²) in [5.41, 5.74) is 0.0710. The van der Waals surface area contributed by atoms with E-state index >= 15 is 0 Å². The molecule has 1 saturated heterocycles. The highest BCUT2D eigenvalue weighted by atomic mass is 16.5. The van der Waals surface area contributed by atoms with Crippen LogP contribution in [0.2, 0.25) is 0 Å². The molecule has 1 aliphatic heterocycles. The molecule has 1 N–H and O–H groups in total. The lowest BCUT2D eigenvalue weighted by molar-refractivity contribution is 0.0279. The molecule has 1 fully saturated rings. The summed E-state index contributed by atoms with van der Waals surface area (Å²) in [5.74, 6) is -0.134. The molecule has 1 amide bonds. The van der Waals surface area contributed by atoms with Crippen LogP contribution in [0.3, 0.4) is 0 Å². The number of amides is 1. The Morgan fingerprint density at radius 3 is 3.17 bits per heavy atom. The Morgan fingerprint density at radius 2 is 2.56 bits per heavy atom. The normalized spacial score (nSPS) is 23.9. The fraction of sp³-hybridized carbons (Fsp3) is 0.538. The minimum absolute atomic E-state index is 0.0710. The van der Waals surface area contributed by atoms with Crippen molar-refractivity contribution in [3.63, 3.8) is 0 Å². The molecule has 0 aliphatic carbocycles. The average Bonchev–Trinajstić information content (AvgIpc) is 2.92. The van der Waals surface area contributed by atoms with E-state index < -0.39 is 0 Å². The number of piperidine rings is 1. The average molecular weight is 250 g/mol. The number of likely N-dealkylation sites (tertiary alicyclic amines) is 1. The number of aliphatic hydroxyl groups is 1. The van der Waals surface area contributed by atoms with Gasteiger partial charge in [0.25, 0.3) is 5.91 Å². The van der Waals surface area contributed by atoms with Crippen molar-refractivity contribution in [1.82, 2.24) is 10.1 Å². The smallest absolute Gasteiger partial charge is 0.276 e. The highest BCUT2D eigenvalue weighted by Gasteiger charge is 2.36. The molecular formula is C13H18N2O3. The van der Waals surface area contributed by atoms with Crippen LogP contribution in [-0.4, -0.2) is 40.8 Å². The van der Waals surface area contributed by atoms with Crippen molar-refractivity contribution in [1.29, 1.82) is 0 Å². The van der Waals surface area contributed by atoms with Gasteiger partial charge < -0.3 is 14.5 Å². The quantitative estimate of drug-likeness (QED) is 0.822. The zero-order valence-corrected chi connectivity index (χ0v) is 10.3. The third kappa shape index (κ3) is 2.46. The van der Waals surface area contributed by atoms with Crippen LogP contribution in [0, 0.1) is 5.41 Å². The Labute approximate surface area is 106 Å². The number of hydrogen-bond donors (Lipinski definition) is 1. The maximum absolute atomic E-state index is 12.2. The fourth-order valence-corrected chi connectivity index (χ4v) is 2.53. The Hall–Kier alpha value is -1.62. The molecule has 2 rings (SSSR count). The van der Waals surface area contributed by atoms with E-state index in [9.17, 15) is 9.90 Å². The van der Waals surface area contributed by atoms with Crippen molar-refractivity contribution < 1.29 is 14.4 Å². The second kappa shape index (κ2) is 5.35. The summed E-state index contributed by atoms with van der Waals surface area (Å²) >= 11 is 0. The maximum atomic E-state index is 12.2. The first-order valence-electron chi connectivity index (χ1n) is 6.12. The van der Waals surface area contributed by atoms with Gasteiger partial charge in [0.05, 0.1) is 6.61 Å². The predicted octanol–water partition coefficient (Wildman–Crippen LogP) is 1.47. The number of aromatic nitrogens is 1. The van der Waals surface area contributed by atoms with E-state index in [2.05, 4.69) is 16.3 Å². The molecule has 1 aromatic heterocycles. The van der Waals surface area contributed by atoms with Gasteiger partial charge in [-0.15, -0.1) is 6.58 Å². The van der Waals surface area contributed by atoms with Gasteiger partial charge in [0.15, 0.2) is 5.69 Å². The molecule has 5 nitrogen and oxygen atoms in total. The van der Waals surface area contributed by atoms with E-state index in [1.807, 2.05) is 0 Å². The molecule has 5 heteroatoms. The van der Waals surface area contributed by atoms with Gasteiger partial charge in [-0.2, -0.15) is 0 Å². The number of nitrogens with zero attached hydrogens (tertiary/aromatic N) is 2. The van der Waals surface area contributed by atoms with Gasteiger partial charge in [-0.05, 0) is 19.3 Å². The van der Waals surface area contributed by atoms with E-state index in [0.717, 1.165) is 12.8 Å². The van der Waals surface area contributed by atoms with Crippen LogP contribution < -0.4 is 0 Å².